The molecule has 3 N–H and O–H groups in total. The largest absolute Gasteiger partial charge is 0.496 e. The number of aromatic nitrogens is 3. The van der Waals surface area contributed by atoms with E-state index in [1.165, 1.54) is 31.0 Å². The molecule has 0 unspecified atom stereocenters. The highest BCUT2D eigenvalue weighted by molar-refractivity contribution is 7.98. The Morgan fingerprint density at radius 1 is 1.12 bits per heavy atom. The van der Waals surface area contributed by atoms with Crippen molar-refractivity contribution in [3.05, 3.63) is 81.7 Å². The highest BCUT2D eigenvalue weighted by atomic mass is 32.2. The minimum atomic E-state index is -0.459. The summed E-state index contributed by atoms with van der Waals surface area (Å²) in [6.45, 7) is 8.52. The molecular weight excluding hydrogens is 570 g/mol. The lowest BCUT2D eigenvalue weighted by molar-refractivity contribution is -0.384. The van der Waals surface area contributed by atoms with Gasteiger partial charge in [-0.1, -0.05) is 18.7 Å². The zero-order valence-electron chi connectivity index (χ0n) is 24.8. The summed E-state index contributed by atoms with van der Waals surface area (Å²) in [5.74, 6) is 0.556. The molecule has 0 saturated carbocycles. The number of hydrogen-bond acceptors (Lipinski definition) is 8. The average Bonchev–Trinajstić information content (AvgIpc) is 3.30. The number of carbonyl (C=O) groups is 2. The summed E-state index contributed by atoms with van der Waals surface area (Å²) in [5.41, 5.74) is 2.99. The van der Waals surface area contributed by atoms with Crippen molar-refractivity contribution in [1.29, 1.82) is 0 Å². The summed E-state index contributed by atoms with van der Waals surface area (Å²) >= 11 is 1.38. The van der Waals surface area contributed by atoms with Crippen molar-refractivity contribution >= 4 is 46.1 Å². The number of imidazole rings is 1. The second kappa shape index (κ2) is 13.6. The van der Waals surface area contributed by atoms with Crippen LogP contribution in [0.1, 0.15) is 55.6 Å². The Balaban J connectivity index is 1.74. The molecule has 43 heavy (non-hydrogen) atoms. The summed E-state index contributed by atoms with van der Waals surface area (Å²) in [6.07, 6.45) is 4.09. The van der Waals surface area contributed by atoms with Crippen LogP contribution in [0.25, 0.3) is 11.0 Å². The van der Waals surface area contributed by atoms with Gasteiger partial charge in [0, 0.05) is 60.2 Å². The average molecular weight is 606 g/mol. The number of methoxy groups -OCH3 is 1. The number of amides is 3. The van der Waals surface area contributed by atoms with Crippen molar-refractivity contribution in [3.8, 4) is 5.75 Å². The van der Waals surface area contributed by atoms with Crippen LogP contribution in [0.2, 0.25) is 0 Å². The number of fused-ring (bicyclic) bond motifs is 1. The number of ether oxygens (including phenoxy) is 1. The topological polar surface area (TPSA) is 153 Å². The third-order valence-corrected chi connectivity index (χ3v) is 7.30. The fourth-order valence-corrected chi connectivity index (χ4v) is 5.46. The van der Waals surface area contributed by atoms with Crippen molar-refractivity contribution in [3.63, 3.8) is 0 Å². The van der Waals surface area contributed by atoms with E-state index in [4.69, 9.17) is 9.72 Å². The molecule has 2 aromatic carbocycles. The van der Waals surface area contributed by atoms with Gasteiger partial charge in [-0.15, -0.1) is 0 Å². The smallest absolute Gasteiger partial charge is 0.319 e. The lowest BCUT2D eigenvalue weighted by atomic mass is 10.1. The first-order valence-corrected chi connectivity index (χ1v) is 14.7. The molecule has 4 aromatic rings. The van der Waals surface area contributed by atoms with Crippen molar-refractivity contribution in [2.75, 3.05) is 12.4 Å². The number of hydrogen-bond donors (Lipinski definition) is 3. The number of nitrogens with one attached hydrogen (secondary N) is 3. The van der Waals surface area contributed by atoms with Gasteiger partial charge in [-0.05, 0) is 63.1 Å². The standard InChI is InChI=1S/C30H35N7O5S/c1-6-13-36-26-23(27(38)32-17-19-9-11-31-12-10-19)15-21(33-28(39)35-30(2,3)4)16-24(26)34-29(36)43-18-20-14-22(37(40)41)7-8-25(20)42-5/h7-12,14-16H,6,13,17-18H2,1-5H3,(H,32,38)(H2,33,35,39). The molecule has 4 rings (SSSR count). The van der Waals surface area contributed by atoms with Gasteiger partial charge in [-0.25, -0.2) is 9.78 Å². The minimum Gasteiger partial charge on any atom is -0.496 e. The SMILES string of the molecule is CCCn1c(SCc2cc([N+](=O)[O-])ccc2OC)nc2cc(NC(=O)NC(C)(C)C)cc(C(=O)NCc3ccncc3)c21. The number of thioether (sulfide) groups is 1. The van der Waals surface area contributed by atoms with Crippen LogP contribution in [0.5, 0.6) is 5.75 Å². The molecule has 0 aliphatic carbocycles. The van der Waals surface area contributed by atoms with Crippen LogP contribution >= 0.6 is 11.8 Å². The summed E-state index contributed by atoms with van der Waals surface area (Å²) in [4.78, 5) is 46.2. The van der Waals surface area contributed by atoms with Gasteiger partial charge in [0.1, 0.15) is 5.75 Å². The van der Waals surface area contributed by atoms with Crippen molar-refractivity contribution in [2.45, 2.75) is 63.7 Å². The van der Waals surface area contributed by atoms with Gasteiger partial charge in [-0.2, -0.15) is 0 Å². The number of benzene rings is 2. The van der Waals surface area contributed by atoms with Gasteiger partial charge in [0.2, 0.25) is 0 Å². The summed E-state index contributed by atoms with van der Waals surface area (Å²) in [6, 6.07) is 11.1. The first kappa shape index (κ1) is 31.3. The normalized spacial score (nSPS) is 11.3. The van der Waals surface area contributed by atoms with Gasteiger partial charge in [0.05, 0.1) is 28.6 Å². The third kappa shape index (κ3) is 8.01. The molecule has 0 spiro atoms. The Kier molecular flexibility index (Phi) is 9.86. The molecule has 3 amide bonds. The minimum absolute atomic E-state index is 0.0316. The van der Waals surface area contributed by atoms with Gasteiger partial charge in [0.15, 0.2) is 5.16 Å². The van der Waals surface area contributed by atoms with Gasteiger partial charge in [-0.3, -0.25) is 19.9 Å². The number of anilines is 1. The van der Waals surface area contributed by atoms with Crippen LogP contribution in [-0.2, 0) is 18.8 Å². The monoisotopic (exact) mass is 605 g/mol. The van der Waals surface area contributed by atoms with Crippen LogP contribution in [0, 0.1) is 10.1 Å². The Bertz CT molecular complexity index is 1630. The van der Waals surface area contributed by atoms with Gasteiger partial charge in [0.25, 0.3) is 11.6 Å². The number of rotatable bonds is 11. The van der Waals surface area contributed by atoms with E-state index in [1.807, 2.05) is 44.4 Å². The van der Waals surface area contributed by atoms with Crippen LogP contribution in [0.3, 0.4) is 0 Å². The van der Waals surface area contributed by atoms with Gasteiger partial charge < -0.3 is 25.3 Å². The number of nitro groups is 1. The Hall–Kier alpha value is -4.65. The summed E-state index contributed by atoms with van der Waals surface area (Å²) < 4.78 is 7.42. The van der Waals surface area contributed by atoms with Crippen molar-refractivity contribution in [2.24, 2.45) is 0 Å². The maximum Gasteiger partial charge on any atom is 0.319 e. The van der Waals surface area contributed by atoms with E-state index in [-0.39, 0.29) is 11.6 Å². The van der Waals surface area contributed by atoms with E-state index >= 15 is 0 Å². The molecule has 12 nitrogen and oxygen atoms in total. The van der Waals surface area contributed by atoms with E-state index in [0.29, 0.717) is 57.6 Å². The van der Waals surface area contributed by atoms with Crippen LogP contribution in [-0.4, -0.2) is 44.0 Å². The molecule has 13 heteroatoms. The van der Waals surface area contributed by atoms with E-state index in [1.54, 1.807) is 30.6 Å². The quantitative estimate of drug-likeness (QED) is 0.108. The zero-order valence-corrected chi connectivity index (χ0v) is 25.6. The first-order valence-electron chi connectivity index (χ1n) is 13.7. The van der Waals surface area contributed by atoms with Gasteiger partial charge >= 0.3 is 6.03 Å². The van der Waals surface area contributed by atoms with Crippen molar-refractivity contribution in [1.82, 2.24) is 25.2 Å². The maximum absolute atomic E-state index is 13.6. The highest BCUT2D eigenvalue weighted by Gasteiger charge is 2.22. The first-order chi connectivity index (χ1) is 20.5. The molecule has 2 aromatic heterocycles. The number of pyridine rings is 1. The highest BCUT2D eigenvalue weighted by Crippen LogP contribution is 2.34. The molecule has 0 aliphatic rings. The molecule has 0 aliphatic heterocycles. The lowest BCUT2D eigenvalue weighted by Gasteiger charge is -2.21. The third-order valence-electron chi connectivity index (χ3n) is 6.28. The van der Waals surface area contributed by atoms with Crippen molar-refractivity contribution < 1.29 is 19.2 Å². The Morgan fingerprint density at radius 3 is 2.51 bits per heavy atom. The fraction of sp³-hybridized carbons (Fsp3) is 0.333. The fourth-order valence-electron chi connectivity index (χ4n) is 4.45. The van der Waals surface area contributed by atoms with Crippen LogP contribution in [0.15, 0.2) is 60.0 Å². The van der Waals surface area contributed by atoms with E-state index in [0.717, 1.165) is 12.0 Å². The molecule has 226 valence electrons. The lowest BCUT2D eigenvalue weighted by Crippen LogP contribution is -2.43. The van der Waals surface area contributed by atoms with Crippen LogP contribution in [0.4, 0.5) is 16.2 Å². The number of carbonyl (C=O) groups excluding carboxylic acids is 2. The number of non-ortho nitro benzene ring substituents is 1. The molecule has 0 bridgehead atoms. The van der Waals surface area contributed by atoms with E-state index < -0.39 is 16.5 Å². The summed E-state index contributed by atoms with van der Waals surface area (Å²) in [5, 5.41) is 20.7. The molecule has 0 radical (unpaired) electrons. The second-order valence-electron chi connectivity index (χ2n) is 10.8. The number of nitro benzene ring substituents is 1. The second-order valence-corrected chi connectivity index (χ2v) is 11.8. The summed E-state index contributed by atoms with van der Waals surface area (Å²) in [7, 11) is 1.52. The predicted octanol–water partition coefficient (Wildman–Crippen LogP) is 5.90. The number of nitrogens with zero attached hydrogens (tertiary/aromatic N) is 4. The number of urea groups is 1. The van der Waals surface area contributed by atoms with E-state index in [2.05, 4.69) is 20.9 Å². The Morgan fingerprint density at radius 2 is 1.86 bits per heavy atom. The van der Waals surface area contributed by atoms with Crippen LogP contribution < -0.4 is 20.7 Å². The zero-order chi connectivity index (χ0) is 31.1. The Labute approximate surface area is 253 Å². The predicted molar refractivity (Wildman–Crippen MR) is 167 cm³/mol. The molecule has 2 heterocycles. The molecule has 0 fully saturated rings. The van der Waals surface area contributed by atoms with E-state index in [9.17, 15) is 19.7 Å². The number of aryl methyl sites for hydroxylation is 1. The molecule has 0 saturated heterocycles. The molecule has 0 atom stereocenters. The molecular formula is C30H35N7O5S. The maximum atomic E-state index is 13.6.